The zero-order chi connectivity index (χ0) is 23.0. The molecule has 32 heavy (non-hydrogen) atoms. The quantitative estimate of drug-likeness (QED) is 0.530. The number of ether oxygens (including phenoxy) is 2. The number of rotatable bonds is 6. The minimum atomic E-state index is -0.510. The van der Waals surface area contributed by atoms with Gasteiger partial charge < -0.3 is 25.0 Å². The van der Waals surface area contributed by atoms with E-state index in [-0.39, 0.29) is 12.1 Å². The second-order valence-corrected chi connectivity index (χ2v) is 8.72. The third kappa shape index (κ3) is 7.14. The molecule has 0 saturated carbocycles. The van der Waals surface area contributed by atoms with E-state index in [1.807, 2.05) is 63.2 Å². The predicted octanol–water partition coefficient (Wildman–Crippen LogP) is 3.34. The van der Waals surface area contributed by atoms with Crippen LogP contribution in [0.2, 0.25) is 0 Å². The van der Waals surface area contributed by atoms with Gasteiger partial charge in [0, 0.05) is 38.4 Å². The number of guanidine groups is 1. The lowest BCUT2D eigenvalue weighted by atomic mass is 10.2. The van der Waals surface area contributed by atoms with Gasteiger partial charge in [-0.15, -0.1) is 0 Å². The van der Waals surface area contributed by atoms with Crippen LogP contribution < -0.4 is 15.4 Å². The van der Waals surface area contributed by atoms with Gasteiger partial charge in [-0.2, -0.15) is 0 Å². The Balaban J connectivity index is 1.52. The summed E-state index contributed by atoms with van der Waals surface area (Å²) in [4.78, 5) is 23.0. The summed E-state index contributed by atoms with van der Waals surface area (Å²) in [6, 6.07) is 13.9. The van der Waals surface area contributed by atoms with E-state index in [0.717, 1.165) is 30.1 Å². The summed E-state index contributed by atoms with van der Waals surface area (Å²) in [6.07, 6.45) is 2.17. The summed E-state index contributed by atoms with van der Waals surface area (Å²) >= 11 is 0. The molecular formula is C24H33N5O3. The van der Waals surface area contributed by atoms with Gasteiger partial charge in [-0.25, -0.2) is 9.78 Å². The number of benzene rings is 1. The van der Waals surface area contributed by atoms with Gasteiger partial charge in [0.2, 0.25) is 5.88 Å². The van der Waals surface area contributed by atoms with E-state index in [1.54, 1.807) is 13.2 Å². The molecule has 2 aromatic rings. The summed E-state index contributed by atoms with van der Waals surface area (Å²) < 4.78 is 11.3. The molecular weight excluding hydrogens is 406 g/mol. The molecule has 1 aromatic heterocycles. The molecule has 0 bridgehead atoms. The topological polar surface area (TPSA) is 88.1 Å². The maximum atomic E-state index is 12.1. The second-order valence-electron chi connectivity index (χ2n) is 8.72. The molecule has 1 aromatic carbocycles. The van der Waals surface area contributed by atoms with Crippen LogP contribution in [0.25, 0.3) is 0 Å². The van der Waals surface area contributed by atoms with E-state index >= 15 is 0 Å². The largest absolute Gasteiger partial charge is 0.473 e. The number of aromatic nitrogens is 1. The van der Waals surface area contributed by atoms with Crippen LogP contribution in [-0.2, 0) is 17.9 Å². The third-order valence-electron chi connectivity index (χ3n) is 4.93. The van der Waals surface area contributed by atoms with Crippen LogP contribution in [0.1, 0.15) is 38.3 Å². The van der Waals surface area contributed by atoms with Crippen molar-refractivity contribution < 1.29 is 14.3 Å². The van der Waals surface area contributed by atoms with Crippen LogP contribution in [0.4, 0.5) is 4.79 Å². The fraction of sp³-hybridized carbons (Fsp3) is 0.458. The second kappa shape index (κ2) is 10.8. The van der Waals surface area contributed by atoms with Crippen LogP contribution in [0.5, 0.6) is 5.88 Å². The van der Waals surface area contributed by atoms with Crippen LogP contribution in [0, 0.1) is 0 Å². The molecule has 1 amide bonds. The Labute approximate surface area is 190 Å². The van der Waals surface area contributed by atoms with Crippen LogP contribution in [0.15, 0.2) is 53.7 Å². The molecule has 2 heterocycles. The Morgan fingerprint density at radius 3 is 2.72 bits per heavy atom. The summed E-state index contributed by atoms with van der Waals surface area (Å²) in [5, 5.41) is 6.33. The lowest BCUT2D eigenvalue weighted by Gasteiger charge is -2.23. The number of amides is 1. The molecule has 1 fully saturated rings. The van der Waals surface area contributed by atoms with Gasteiger partial charge in [-0.05, 0) is 38.8 Å². The first-order valence-electron chi connectivity index (χ1n) is 10.9. The lowest BCUT2D eigenvalue weighted by molar-refractivity contribution is 0.0507. The van der Waals surface area contributed by atoms with Crippen LogP contribution >= 0.6 is 0 Å². The van der Waals surface area contributed by atoms with Gasteiger partial charge in [0.05, 0.1) is 6.04 Å². The van der Waals surface area contributed by atoms with Crippen molar-refractivity contribution in [1.82, 2.24) is 20.5 Å². The number of carbonyl (C=O) groups excluding carboxylic acids is 1. The van der Waals surface area contributed by atoms with Gasteiger partial charge in [0.15, 0.2) is 5.96 Å². The van der Waals surface area contributed by atoms with Crippen molar-refractivity contribution in [2.75, 3.05) is 20.1 Å². The number of aliphatic imine (C=N–C) groups is 1. The highest BCUT2D eigenvalue weighted by Crippen LogP contribution is 2.17. The van der Waals surface area contributed by atoms with Crippen molar-refractivity contribution in [3.63, 3.8) is 0 Å². The van der Waals surface area contributed by atoms with Crippen molar-refractivity contribution in [2.24, 2.45) is 4.99 Å². The highest BCUT2D eigenvalue weighted by atomic mass is 16.6. The van der Waals surface area contributed by atoms with Crippen molar-refractivity contribution >= 4 is 12.1 Å². The smallest absolute Gasteiger partial charge is 0.407 e. The van der Waals surface area contributed by atoms with E-state index < -0.39 is 5.60 Å². The number of pyridine rings is 1. The van der Waals surface area contributed by atoms with Gasteiger partial charge in [-0.1, -0.05) is 36.4 Å². The van der Waals surface area contributed by atoms with E-state index in [9.17, 15) is 4.79 Å². The highest BCUT2D eigenvalue weighted by molar-refractivity contribution is 5.80. The Hall–Kier alpha value is -3.29. The zero-order valence-electron chi connectivity index (χ0n) is 19.3. The maximum Gasteiger partial charge on any atom is 0.407 e. The van der Waals surface area contributed by atoms with E-state index in [2.05, 4.69) is 25.5 Å². The minimum absolute atomic E-state index is 0.0200. The maximum absolute atomic E-state index is 12.1. The Morgan fingerprint density at radius 2 is 2.00 bits per heavy atom. The standard InChI is InChI=1S/C24H33N5O3/c1-24(2,3)32-23(30)28-20-12-14-29(16-20)22(25-4)27-15-19-11-8-13-26-21(19)31-17-18-9-6-5-7-10-18/h5-11,13,20H,12,14-17H2,1-4H3,(H,25,27)(H,28,30). The molecule has 1 saturated heterocycles. The molecule has 2 N–H and O–H groups in total. The normalized spacial score (nSPS) is 16.6. The van der Waals surface area contributed by atoms with Crippen molar-refractivity contribution in [1.29, 1.82) is 0 Å². The van der Waals surface area contributed by atoms with Crippen molar-refractivity contribution in [3.05, 3.63) is 59.8 Å². The Bertz CT molecular complexity index is 911. The molecule has 0 aliphatic carbocycles. The number of nitrogens with zero attached hydrogens (tertiary/aromatic N) is 3. The monoisotopic (exact) mass is 439 g/mol. The fourth-order valence-corrected chi connectivity index (χ4v) is 3.47. The van der Waals surface area contributed by atoms with Gasteiger partial charge in [0.25, 0.3) is 0 Å². The van der Waals surface area contributed by atoms with Crippen molar-refractivity contribution in [2.45, 2.75) is 52.0 Å². The first kappa shape index (κ1) is 23.4. The average Bonchev–Trinajstić information content (AvgIpc) is 3.21. The number of hydrogen-bond acceptors (Lipinski definition) is 5. The number of nitrogens with one attached hydrogen (secondary N) is 2. The summed E-state index contributed by atoms with van der Waals surface area (Å²) in [7, 11) is 1.76. The molecule has 1 unspecified atom stereocenters. The molecule has 3 rings (SSSR count). The molecule has 1 aliphatic heterocycles. The van der Waals surface area contributed by atoms with Gasteiger partial charge >= 0.3 is 6.09 Å². The number of likely N-dealkylation sites (tertiary alicyclic amines) is 1. The summed E-state index contributed by atoms with van der Waals surface area (Å²) in [5.41, 5.74) is 1.53. The Kier molecular flexibility index (Phi) is 7.92. The van der Waals surface area contributed by atoms with Crippen LogP contribution in [-0.4, -0.2) is 53.7 Å². The SMILES string of the molecule is CN=C(NCc1cccnc1OCc1ccccc1)N1CCC(NC(=O)OC(C)(C)C)C1. The minimum Gasteiger partial charge on any atom is -0.473 e. The number of alkyl carbamates (subject to hydrolysis) is 1. The summed E-state index contributed by atoms with van der Waals surface area (Å²) in [5.74, 6) is 1.38. The zero-order valence-corrected chi connectivity index (χ0v) is 19.3. The van der Waals surface area contributed by atoms with Gasteiger partial charge in [-0.3, -0.25) is 4.99 Å². The molecule has 8 heteroatoms. The lowest BCUT2D eigenvalue weighted by Crippen LogP contribution is -2.44. The first-order valence-corrected chi connectivity index (χ1v) is 10.9. The predicted molar refractivity (Wildman–Crippen MR) is 125 cm³/mol. The number of carbonyl (C=O) groups is 1. The third-order valence-corrected chi connectivity index (χ3v) is 4.93. The molecule has 8 nitrogen and oxygen atoms in total. The van der Waals surface area contributed by atoms with Crippen LogP contribution in [0.3, 0.4) is 0 Å². The molecule has 0 spiro atoms. The highest BCUT2D eigenvalue weighted by Gasteiger charge is 2.28. The van der Waals surface area contributed by atoms with Gasteiger partial charge in [0.1, 0.15) is 12.2 Å². The van der Waals surface area contributed by atoms with Crippen molar-refractivity contribution in [3.8, 4) is 5.88 Å². The Morgan fingerprint density at radius 1 is 1.22 bits per heavy atom. The average molecular weight is 440 g/mol. The molecule has 1 atom stereocenters. The van der Waals surface area contributed by atoms with E-state index in [1.165, 1.54) is 0 Å². The first-order chi connectivity index (χ1) is 15.3. The van der Waals surface area contributed by atoms with E-state index in [0.29, 0.717) is 25.6 Å². The number of hydrogen-bond donors (Lipinski definition) is 2. The van der Waals surface area contributed by atoms with E-state index in [4.69, 9.17) is 9.47 Å². The molecule has 1 aliphatic rings. The molecule has 172 valence electrons. The fourth-order valence-electron chi connectivity index (χ4n) is 3.47. The summed E-state index contributed by atoms with van der Waals surface area (Å²) in [6.45, 7) is 8.03. The molecule has 0 radical (unpaired) electrons.